The van der Waals surface area contributed by atoms with Gasteiger partial charge in [0.05, 0.1) is 0 Å². The van der Waals surface area contributed by atoms with E-state index in [0.717, 1.165) is 0 Å². The van der Waals surface area contributed by atoms with Crippen LogP contribution in [0.3, 0.4) is 0 Å². The molecule has 1 aromatic carbocycles. The Bertz CT molecular complexity index is 375. The van der Waals surface area contributed by atoms with Gasteiger partial charge < -0.3 is 0 Å². The second kappa shape index (κ2) is 3.41. The standard InChI is InChI=1S/C13H14O/c1-9-10(2)13(14)8-12(9)11-6-4-3-5-7-11/h3-10H,1-2H3. The van der Waals surface area contributed by atoms with E-state index in [2.05, 4.69) is 19.1 Å². The van der Waals surface area contributed by atoms with Gasteiger partial charge in [0.2, 0.25) is 0 Å². The summed E-state index contributed by atoms with van der Waals surface area (Å²) in [6, 6.07) is 10.1. The maximum Gasteiger partial charge on any atom is 0.159 e. The summed E-state index contributed by atoms with van der Waals surface area (Å²) >= 11 is 0. The monoisotopic (exact) mass is 186 g/mol. The molecule has 2 rings (SSSR count). The molecule has 0 bridgehead atoms. The highest BCUT2D eigenvalue weighted by atomic mass is 16.1. The first-order chi connectivity index (χ1) is 6.70. The molecule has 72 valence electrons. The van der Waals surface area contributed by atoms with Crippen LogP contribution in [0.15, 0.2) is 36.4 Å². The number of rotatable bonds is 1. The highest BCUT2D eigenvalue weighted by Crippen LogP contribution is 2.35. The predicted molar refractivity (Wildman–Crippen MR) is 57.8 cm³/mol. The molecule has 1 heteroatoms. The molecule has 0 saturated carbocycles. The molecule has 0 N–H and O–H groups in total. The fourth-order valence-corrected chi connectivity index (χ4v) is 1.91. The van der Waals surface area contributed by atoms with E-state index < -0.39 is 0 Å². The van der Waals surface area contributed by atoms with Crippen molar-refractivity contribution in [1.29, 1.82) is 0 Å². The van der Waals surface area contributed by atoms with Gasteiger partial charge in [0.1, 0.15) is 0 Å². The van der Waals surface area contributed by atoms with Gasteiger partial charge in [-0.3, -0.25) is 4.79 Å². The van der Waals surface area contributed by atoms with Crippen LogP contribution in [0, 0.1) is 11.8 Å². The van der Waals surface area contributed by atoms with Crippen LogP contribution in [-0.4, -0.2) is 5.78 Å². The largest absolute Gasteiger partial charge is 0.295 e. The van der Waals surface area contributed by atoms with Crippen molar-refractivity contribution in [3.63, 3.8) is 0 Å². The third-order valence-electron chi connectivity index (χ3n) is 3.09. The molecule has 0 spiro atoms. The van der Waals surface area contributed by atoms with E-state index in [4.69, 9.17) is 0 Å². The average molecular weight is 186 g/mol. The molecule has 1 aromatic rings. The molecule has 0 heterocycles. The molecule has 1 aliphatic carbocycles. The minimum atomic E-state index is 0.144. The number of benzene rings is 1. The number of allylic oxidation sites excluding steroid dienone is 2. The Morgan fingerprint density at radius 3 is 2.14 bits per heavy atom. The highest BCUT2D eigenvalue weighted by Gasteiger charge is 2.29. The van der Waals surface area contributed by atoms with Gasteiger partial charge in [-0.1, -0.05) is 44.2 Å². The first-order valence-corrected chi connectivity index (χ1v) is 5.01. The van der Waals surface area contributed by atoms with E-state index >= 15 is 0 Å². The van der Waals surface area contributed by atoms with Crippen LogP contribution in [0.1, 0.15) is 19.4 Å². The molecule has 0 amide bonds. The molecule has 0 fully saturated rings. The summed E-state index contributed by atoms with van der Waals surface area (Å²) in [7, 11) is 0. The van der Waals surface area contributed by atoms with E-state index in [1.165, 1.54) is 11.1 Å². The van der Waals surface area contributed by atoms with Crippen LogP contribution >= 0.6 is 0 Å². The number of hydrogen-bond acceptors (Lipinski definition) is 1. The number of ketones is 1. The van der Waals surface area contributed by atoms with Gasteiger partial charge in [0, 0.05) is 5.92 Å². The lowest BCUT2D eigenvalue weighted by molar-refractivity contribution is -0.117. The van der Waals surface area contributed by atoms with Gasteiger partial charge in [0.25, 0.3) is 0 Å². The highest BCUT2D eigenvalue weighted by molar-refractivity contribution is 6.03. The molecule has 2 unspecified atom stereocenters. The van der Waals surface area contributed by atoms with Crippen LogP contribution in [0.2, 0.25) is 0 Å². The van der Waals surface area contributed by atoms with Gasteiger partial charge in [-0.2, -0.15) is 0 Å². The zero-order valence-electron chi connectivity index (χ0n) is 8.53. The summed E-state index contributed by atoms with van der Waals surface area (Å²) < 4.78 is 0. The normalized spacial score (nSPS) is 26.4. The molecule has 0 radical (unpaired) electrons. The summed E-state index contributed by atoms with van der Waals surface area (Å²) in [5.74, 6) is 0.756. The molecule has 0 aliphatic heterocycles. The average Bonchev–Trinajstić information content (AvgIpc) is 2.47. The second-order valence-corrected chi connectivity index (χ2v) is 3.95. The molecular formula is C13H14O. The molecule has 0 saturated heterocycles. The Balaban J connectivity index is 2.38. The molecule has 2 atom stereocenters. The summed E-state index contributed by atoms with van der Waals surface area (Å²) in [5, 5.41) is 0. The first kappa shape index (κ1) is 9.20. The smallest absolute Gasteiger partial charge is 0.159 e. The number of carbonyl (C=O) groups excluding carboxylic acids is 1. The van der Waals surface area contributed by atoms with Gasteiger partial charge in [-0.25, -0.2) is 0 Å². The summed E-state index contributed by atoms with van der Waals surface area (Å²) in [4.78, 5) is 11.5. The zero-order valence-corrected chi connectivity index (χ0v) is 8.53. The minimum Gasteiger partial charge on any atom is -0.295 e. The van der Waals surface area contributed by atoms with Gasteiger partial charge in [-0.15, -0.1) is 0 Å². The minimum absolute atomic E-state index is 0.144. The topological polar surface area (TPSA) is 17.1 Å². The Kier molecular flexibility index (Phi) is 2.24. The van der Waals surface area contributed by atoms with E-state index in [0.29, 0.717) is 5.92 Å². The summed E-state index contributed by atoms with van der Waals surface area (Å²) in [5.41, 5.74) is 2.36. The maximum absolute atomic E-state index is 11.5. The van der Waals surface area contributed by atoms with Crippen LogP contribution < -0.4 is 0 Å². The molecule has 14 heavy (non-hydrogen) atoms. The van der Waals surface area contributed by atoms with E-state index in [1.54, 1.807) is 6.08 Å². The Morgan fingerprint density at radius 1 is 1.00 bits per heavy atom. The van der Waals surface area contributed by atoms with Gasteiger partial charge in [-0.05, 0) is 23.1 Å². The Labute approximate surface area is 84.5 Å². The third kappa shape index (κ3) is 1.39. The van der Waals surface area contributed by atoms with Gasteiger partial charge >= 0.3 is 0 Å². The van der Waals surface area contributed by atoms with Crippen molar-refractivity contribution in [2.24, 2.45) is 11.8 Å². The number of carbonyl (C=O) groups is 1. The molecule has 1 nitrogen and oxygen atoms in total. The fraction of sp³-hybridized carbons (Fsp3) is 0.308. The first-order valence-electron chi connectivity index (χ1n) is 5.01. The quantitative estimate of drug-likeness (QED) is 0.659. The van der Waals surface area contributed by atoms with E-state index in [9.17, 15) is 4.79 Å². The number of hydrogen-bond donors (Lipinski definition) is 0. The lowest BCUT2D eigenvalue weighted by Gasteiger charge is -2.12. The zero-order chi connectivity index (χ0) is 10.1. The van der Waals surface area contributed by atoms with E-state index in [-0.39, 0.29) is 11.7 Å². The Morgan fingerprint density at radius 2 is 1.64 bits per heavy atom. The maximum atomic E-state index is 11.5. The van der Waals surface area contributed by atoms with Crippen molar-refractivity contribution in [3.8, 4) is 0 Å². The lowest BCUT2D eigenvalue weighted by Crippen LogP contribution is -2.09. The Hall–Kier alpha value is -1.37. The predicted octanol–water partition coefficient (Wildman–Crippen LogP) is 2.92. The van der Waals surface area contributed by atoms with Crippen LogP contribution in [0.5, 0.6) is 0 Å². The van der Waals surface area contributed by atoms with Crippen molar-refractivity contribution in [1.82, 2.24) is 0 Å². The summed E-state index contributed by atoms with van der Waals surface area (Å²) in [6.07, 6.45) is 1.80. The van der Waals surface area contributed by atoms with Gasteiger partial charge in [0.15, 0.2) is 5.78 Å². The fourth-order valence-electron chi connectivity index (χ4n) is 1.91. The third-order valence-corrected chi connectivity index (χ3v) is 3.09. The molecular weight excluding hydrogens is 172 g/mol. The van der Waals surface area contributed by atoms with Crippen LogP contribution in [0.4, 0.5) is 0 Å². The molecule has 1 aliphatic rings. The molecule has 0 aromatic heterocycles. The SMILES string of the molecule is CC1C(=O)C=C(c2ccccc2)C1C. The van der Waals surface area contributed by atoms with Crippen molar-refractivity contribution in [2.75, 3.05) is 0 Å². The van der Waals surface area contributed by atoms with Crippen LogP contribution in [0.25, 0.3) is 5.57 Å². The van der Waals surface area contributed by atoms with E-state index in [1.807, 2.05) is 25.1 Å². The summed E-state index contributed by atoms with van der Waals surface area (Å²) in [6.45, 7) is 4.12. The lowest BCUT2D eigenvalue weighted by atomic mass is 9.90. The van der Waals surface area contributed by atoms with Crippen molar-refractivity contribution in [3.05, 3.63) is 42.0 Å². The van der Waals surface area contributed by atoms with Crippen molar-refractivity contribution < 1.29 is 4.79 Å². The van der Waals surface area contributed by atoms with Crippen LogP contribution in [-0.2, 0) is 4.79 Å². The van der Waals surface area contributed by atoms with Crippen molar-refractivity contribution in [2.45, 2.75) is 13.8 Å². The second-order valence-electron chi connectivity index (χ2n) is 3.95. The van der Waals surface area contributed by atoms with Crippen molar-refractivity contribution >= 4 is 11.4 Å².